The second-order valence-corrected chi connectivity index (χ2v) is 13.3. The molecule has 3 rings (SSSR count). The third-order valence-electron chi connectivity index (χ3n) is 6.24. The Bertz CT molecular complexity index is 1510. The van der Waals surface area contributed by atoms with E-state index in [1.165, 1.54) is 41.3 Å². The Balaban J connectivity index is 2.13. The number of benzene rings is 3. The Morgan fingerprint density at radius 1 is 0.878 bits per heavy atom. The van der Waals surface area contributed by atoms with E-state index < -0.39 is 28.5 Å². The second kappa shape index (κ2) is 14.1. The quantitative estimate of drug-likeness (QED) is 0.237. The molecule has 0 spiro atoms. The van der Waals surface area contributed by atoms with E-state index in [9.17, 15) is 18.0 Å². The first-order valence-corrected chi connectivity index (χ1v) is 15.8. The molecule has 1 atom stereocenters. The van der Waals surface area contributed by atoms with Crippen LogP contribution in [0.5, 0.6) is 0 Å². The number of hydrogen-bond donors (Lipinski definition) is 1. The number of sulfonamides is 1. The molecular weight excluding hydrogens is 628 g/mol. The van der Waals surface area contributed by atoms with Crippen LogP contribution in [0.1, 0.15) is 38.3 Å². The predicted octanol–water partition coefficient (Wildman–Crippen LogP) is 7.14. The van der Waals surface area contributed by atoms with Gasteiger partial charge in [0, 0.05) is 27.7 Å². The summed E-state index contributed by atoms with van der Waals surface area (Å²) in [7, 11) is -4.30. The van der Waals surface area contributed by atoms with Crippen molar-refractivity contribution in [2.45, 2.75) is 57.6 Å². The SMILES string of the molecule is CC[C@@H](C(=O)NC(C)C)N(Cc1ccc(Cl)cc1Cl)C(=O)CN(c1cc(Cl)ccc1Cl)S(=O)(=O)c1ccc(C)cc1. The molecule has 220 valence electrons. The maximum atomic E-state index is 14.1. The molecule has 0 fully saturated rings. The lowest BCUT2D eigenvalue weighted by molar-refractivity contribution is -0.140. The number of rotatable bonds is 11. The molecule has 0 saturated carbocycles. The number of aryl methyl sites for hydroxylation is 1. The van der Waals surface area contributed by atoms with Gasteiger partial charge in [-0.25, -0.2) is 8.42 Å². The van der Waals surface area contributed by atoms with E-state index in [0.717, 1.165) is 9.87 Å². The number of hydrogen-bond acceptors (Lipinski definition) is 4. The molecule has 41 heavy (non-hydrogen) atoms. The van der Waals surface area contributed by atoms with Gasteiger partial charge in [-0.1, -0.05) is 77.1 Å². The number of nitrogens with one attached hydrogen (secondary N) is 1. The molecule has 0 unspecified atom stereocenters. The minimum Gasteiger partial charge on any atom is -0.352 e. The maximum absolute atomic E-state index is 14.1. The molecule has 0 saturated heterocycles. The molecule has 0 aromatic heterocycles. The minimum absolute atomic E-state index is 0.0252. The largest absolute Gasteiger partial charge is 0.352 e. The van der Waals surface area contributed by atoms with E-state index in [1.807, 2.05) is 20.8 Å². The highest BCUT2D eigenvalue weighted by Gasteiger charge is 2.35. The highest BCUT2D eigenvalue weighted by Crippen LogP contribution is 2.33. The van der Waals surface area contributed by atoms with E-state index in [-0.39, 0.29) is 45.5 Å². The fraction of sp³-hybridized carbons (Fsp3) is 0.310. The first-order valence-electron chi connectivity index (χ1n) is 12.8. The first-order chi connectivity index (χ1) is 19.2. The van der Waals surface area contributed by atoms with Crippen LogP contribution in [0.3, 0.4) is 0 Å². The van der Waals surface area contributed by atoms with Crippen LogP contribution < -0.4 is 9.62 Å². The molecule has 2 amide bonds. The monoisotopic (exact) mass is 657 g/mol. The third-order valence-corrected chi connectivity index (χ3v) is 9.15. The van der Waals surface area contributed by atoms with E-state index >= 15 is 0 Å². The Morgan fingerprint density at radius 3 is 2.07 bits per heavy atom. The van der Waals surface area contributed by atoms with Crippen LogP contribution in [0, 0.1) is 6.92 Å². The molecule has 1 N–H and O–H groups in total. The Hall–Kier alpha value is -2.49. The van der Waals surface area contributed by atoms with Crippen LogP contribution >= 0.6 is 46.4 Å². The zero-order valence-electron chi connectivity index (χ0n) is 23.0. The molecule has 0 aliphatic carbocycles. The number of anilines is 1. The molecule has 3 aromatic carbocycles. The lowest BCUT2D eigenvalue weighted by Gasteiger charge is -2.34. The number of nitrogens with zero attached hydrogens (tertiary/aromatic N) is 2. The van der Waals surface area contributed by atoms with Crippen LogP contribution in [-0.4, -0.2) is 43.8 Å². The van der Waals surface area contributed by atoms with Crippen LogP contribution in [0.25, 0.3) is 0 Å². The summed E-state index contributed by atoms with van der Waals surface area (Å²) in [4.78, 5) is 28.6. The Kier molecular flexibility index (Phi) is 11.4. The van der Waals surface area contributed by atoms with Crippen molar-refractivity contribution in [2.24, 2.45) is 0 Å². The average molecular weight is 659 g/mol. The van der Waals surface area contributed by atoms with Gasteiger partial charge < -0.3 is 10.2 Å². The van der Waals surface area contributed by atoms with Gasteiger partial charge >= 0.3 is 0 Å². The van der Waals surface area contributed by atoms with Gasteiger partial charge in [-0.05, 0) is 75.2 Å². The first kappa shape index (κ1) is 33.0. The van der Waals surface area contributed by atoms with Crippen molar-refractivity contribution < 1.29 is 18.0 Å². The maximum Gasteiger partial charge on any atom is 0.264 e. The van der Waals surface area contributed by atoms with E-state index in [1.54, 1.807) is 31.2 Å². The Morgan fingerprint density at radius 2 is 1.49 bits per heavy atom. The lowest BCUT2D eigenvalue weighted by atomic mass is 10.1. The van der Waals surface area contributed by atoms with Crippen LogP contribution in [0.2, 0.25) is 20.1 Å². The van der Waals surface area contributed by atoms with Crippen LogP contribution in [0.15, 0.2) is 65.6 Å². The molecule has 3 aromatic rings. The molecule has 12 heteroatoms. The fourth-order valence-corrected chi connectivity index (χ4v) is 6.49. The van der Waals surface area contributed by atoms with Crippen molar-refractivity contribution in [3.8, 4) is 0 Å². The molecule has 0 bridgehead atoms. The normalized spacial score (nSPS) is 12.2. The second-order valence-electron chi connectivity index (χ2n) is 9.77. The summed E-state index contributed by atoms with van der Waals surface area (Å²) in [5, 5.41) is 3.86. The van der Waals surface area contributed by atoms with Gasteiger partial charge in [0.1, 0.15) is 12.6 Å². The topological polar surface area (TPSA) is 86.8 Å². The summed E-state index contributed by atoms with van der Waals surface area (Å²) < 4.78 is 28.9. The number of halogens is 4. The van der Waals surface area contributed by atoms with Crippen LogP contribution in [-0.2, 0) is 26.2 Å². The summed E-state index contributed by atoms with van der Waals surface area (Å²) in [6.07, 6.45) is 0.262. The summed E-state index contributed by atoms with van der Waals surface area (Å²) in [5.74, 6) is -1.02. The van der Waals surface area contributed by atoms with Crippen LogP contribution in [0.4, 0.5) is 5.69 Å². The van der Waals surface area contributed by atoms with Crippen molar-refractivity contribution in [1.82, 2.24) is 10.2 Å². The van der Waals surface area contributed by atoms with Gasteiger partial charge in [-0.3, -0.25) is 13.9 Å². The predicted molar refractivity (Wildman–Crippen MR) is 167 cm³/mol. The average Bonchev–Trinajstić information content (AvgIpc) is 2.89. The zero-order chi connectivity index (χ0) is 30.5. The zero-order valence-corrected chi connectivity index (χ0v) is 26.8. The summed E-state index contributed by atoms with van der Waals surface area (Å²) >= 11 is 25.2. The standard InChI is InChI=1S/C29H31Cl4N3O4S/c1-5-26(29(38)34-18(2)3)35(16-20-8-9-21(30)14-25(20)33)28(37)17-36(27-15-22(31)10-13-24(27)32)41(39,40)23-11-6-19(4)7-12-23/h6-15,18,26H,5,16-17H2,1-4H3,(H,34,38)/t26-/m0/s1. The van der Waals surface area contributed by atoms with Gasteiger partial charge in [0.15, 0.2) is 0 Å². The van der Waals surface area contributed by atoms with Gasteiger partial charge in [0.25, 0.3) is 10.0 Å². The van der Waals surface area contributed by atoms with Gasteiger partial charge in [0.2, 0.25) is 11.8 Å². The summed E-state index contributed by atoms with van der Waals surface area (Å²) in [6, 6.07) is 14.3. The summed E-state index contributed by atoms with van der Waals surface area (Å²) in [6.45, 7) is 6.49. The van der Waals surface area contributed by atoms with Crippen molar-refractivity contribution in [3.63, 3.8) is 0 Å². The van der Waals surface area contributed by atoms with E-state index in [4.69, 9.17) is 46.4 Å². The molecule has 0 heterocycles. The van der Waals surface area contributed by atoms with E-state index in [0.29, 0.717) is 15.6 Å². The summed E-state index contributed by atoms with van der Waals surface area (Å²) in [5.41, 5.74) is 1.42. The third kappa shape index (κ3) is 8.30. The lowest BCUT2D eigenvalue weighted by Crippen LogP contribution is -2.53. The highest BCUT2D eigenvalue weighted by molar-refractivity contribution is 7.92. The van der Waals surface area contributed by atoms with Gasteiger partial charge in [-0.2, -0.15) is 0 Å². The van der Waals surface area contributed by atoms with Crippen molar-refractivity contribution in [2.75, 3.05) is 10.8 Å². The van der Waals surface area contributed by atoms with Crippen molar-refractivity contribution in [3.05, 3.63) is 91.9 Å². The molecule has 0 radical (unpaired) electrons. The van der Waals surface area contributed by atoms with Crippen molar-refractivity contribution >= 4 is 73.9 Å². The molecule has 7 nitrogen and oxygen atoms in total. The van der Waals surface area contributed by atoms with E-state index in [2.05, 4.69) is 5.32 Å². The molecule has 0 aliphatic heterocycles. The molecular formula is C29H31Cl4N3O4S. The number of carbonyl (C=O) groups is 2. The highest BCUT2D eigenvalue weighted by atomic mass is 35.5. The van der Waals surface area contributed by atoms with Gasteiger partial charge in [-0.15, -0.1) is 0 Å². The number of carbonyl (C=O) groups excluding carboxylic acids is 2. The smallest absolute Gasteiger partial charge is 0.264 e. The van der Waals surface area contributed by atoms with Gasteiger partial charge in [0.05, 0.1) is 15.6 Å². The fourth-order valence-electron chi connectivity index (χ4n) is 4.16. The molecule has 0 aliphatic rings. The minimum atomic E-state index is -4.30. The van der Waals surface area contributed by atoms with Crippen molar-refractivity contribution in [1.29, 1.82) is 0 Å². The Labute approximate surface area is 261 Å². The number of amides is 2.